The summed E-state index contributed by atoms with van der Waals surface area (Å²) in [5.74, 6) is 0.658. The molecular weight excluding hydrogens is 194 g/mol. The van der Waals surface area contributed by atoms with Gasteiger partial charge in [-0.3, -0.25) is 4.79 Å². The van der Waals surface area contributed by atoms with Crippen molar-refractivity contribution in [3.05, 3.63) is 36.8 Å². The minimum atomic E-state index is -0.152. The average molecular weight is 209 g/mol. The van der Waals surface area contributed by atoms with Crippen LogP contribution in [0.1, 0.15) is 12.2 Å². The molecule has 0 spiro atoms. The highest BCUT2D eigenvalue weighted by Crippen LogP contribution is 2.01. The molecule has 1 rings (SSSR count). The van der Waals surface area contributed by atoms with Gasteiger partial charge in [-0.05, 0) is 24.6 Å². The van der Waals surface area contributed by atoms with Crippen molar-refractivity contribution in [3.8, 4) is 0 Å². The maximum atomic E-state index is 10.7. The number of furan rings is 1. The normalized spacial score (nSPS) is 9.87. The molecule has 82 valence electrons. The predicted octanol–water partition coefficient (Wildman–Crippen LogP) is 1.49. The van der Waals surface area contributed by atoms with Crippen LogP contribution in [0.2, 0.25) is 0 Å². The van der Waals surface area contributed by atoms with Gasteiger partial charge < -0.3 is 14.5 Å². The Bertz CT molecular complexity index is 293. The number of hydrogen-bond donors (Lipinski definition) is 1. The van der Waals surface area contributed by atoms with E-state index < -0.39 is 0 Å². The molecule has 4 heteroatoms. The van der Waals surface area contributed by atoms with Crippen LogP contribution in [0.15, 0.2) is 35.5 Å². The summed E-state index contributed by atoms with van der Waals surface area (Å²) in [5, 5.41) is 2.67. The Balaban J connectivity index is 1.94. The Kier molecular flexibility index (Phi) is 5.25. The second-order valence-corrected chi connectivity index (χ2v) is 2.98. The molecule has 0 unspecified atom stereocenters. The molecule has 0 fully saturated rings. The fourth-order valence-corrected chi connectivity index (χ4v) is 1.03. The smallest absolute Gasteiger partial charge is 0.243 e. The molecule has 0 aliphatic rings. The van der Waals surface area contributed by atoms with Crippen LogP contribution in [0, 0.1) is 0 Å². The van der Waals surface area contributed by atoms with Crippen molar-refractivity contribution in [3.63, 3.8) is 0 Å². The van der Waals surface area contributed by atoms with Crippen LogP contribution in [0.4, 0.5) is 0 Å². The lowest BCUT2D eigenvalue weighted by Gasteiger charge is -2.02. The lowest BCUT2D eigenvalue weighted by atomic mass is 10.4. The summed E-state index contributed by atoms with van der Waals surface area (Å²) in [6.45, 7) is 5.02. The van der Waals surface area contributed by atoms with Gasteiger partial charge in [0.1, 0.15) is 12.4 Å². The summed E-state index contributed by atoms with van der Waals surface area (Å²) in [7, 11) is 0. The van der Waals surface area contributed by atoms with Crippen molar-refractivity contribution in [2.45, 2.75) is 13.0 Å². The highest BCUT2D eigenvalue weighted by Gasteiger charge is 1.96. The SMILES string of the molecule is C=CC(=O)NCCCOCc1ccco1. The van der Waals surface area contributed by atoms with E-state index in [0.29, 0.717) is 19.8 Å². The maximum absolute atomic E-state index is 10.7. The van der Waals surface area contributed by atoms with Crippen LogP contribution in [0.3, 0.4) is 0 Å². The van der Waals surface area contributed by atoms with E-state index in [-0.39, 0.29) is 5.91 Å². The van der Waals surface area contributed by atoms with Crippen molar-refractivity contribution in [2.75, 3.05) is 13.2 Å². The third-order valence-corrected chi connectivity index (χ3v) is 1.77. The molecule has 0 bridgehead atoms. The standard InChI is InChI=1S/C11H15NO3/c1-2-11(13)12-6-4-7-14-9-10-5-3-8-15-10/h2-3,5,8H,1,4,6-7,9H2,(H,12,13). The van der Waals surface area contributed by atoms with E-state index in [9.17, 15) is 4.79 Å². The Hall–Kier alpha value is -1.55. The van der Waals surface area contributed by atoms with Crippen molar-refractivity contribution in [2.24, 2.45) is 0 Å². The molecule has 0 saturated carbocycles. The van der Waals surface area contributed by atoms with Crippen LogP contribution >= 0.6 is 0 Å². The summed E-state index contributed by atoms with van der Waals surface area (Å²) < 4.78 is 10.4. The van der Waals surface area contributed by atoms with E-state index in [1.54, 1.807) is 6.26 Å². The van der Waals surface area contributed by atoms with E-state index >= 15 is 0 Å². The summed E-state index contributed by atoms with van der Waals surface area (Å²) >= 11 is 0. The van der Waals surface area contributed by atoms with Crippen molar-refractivity contribution >= 4 is 5.91 Å². The fourth-order valence-electron chi connectivity index (χ4n) is 1.03. The van der Waals surface area contributed by atoms with Crippen LogP contribution in [0.25, 0.3) is 0 Å². The van der Waals surface area contributed by atoms with E-state index in [1.807, 2.05) is 12.1 Å². The number of carbonyl (C=O) groups excluding carboxylic acids is 1. The Labute approximate surface area is 88.9 Å². The molecule has 1 aromatic rings. The average Bonchev–Trinajstić information content (AvgIpc) is 2.75. The second kappa shape index (κ2) is 6.84. The number of amides is 1. The molecule has 0 aliphatic carbocycles. The zero-order chi connectivity index (χ0) is 10.9. The zero-order valence-electron chi connectivity index (χ0n) is 8.57. The van der Waals surface area contributed by atoms with Gasteiger partial charge in [-0.2, -0.15) is 0 Å². The van der Waals surface area contributed by atoms with Crippen molar-refractivity contribution in [1.29, 1.82) is 0 Å². The quantitative estimate of drug-likeness (QED) is 0.546. The van der Waals surface area contributed by atoms with Gasteiger partial charge in [0, 0.05) is 13.2 Å². The molecule has 1 heterocycles. The van der Waals surface area contributed by atoms with E-state index in [1.165, 1.54) is 6.08 Å². The molecule has 4 nitrogen and oxygen atoms in total. The molecule has 0 atom stereocenters. The van der Waals surface area contributed by atoms with Gasteiger partial charge in [0.25, 0.3) is 0 Å². The Morgan fingerprint density at radius 2 is 2.53 bits per heavy atom. The van der Waals surface area contributed by atoms with Gasteiger partial charge in [-0.1, -0.05) is 6.58 Å². The minimum absolute atomic E-state index is 0.152. The topological polar surface area (TPSA) is 51.5 Å². The van der Waals surface area contributed by atoms with Gasteiger partial charge in [0.15, 0.2) is 0 Å². The lowest BCUT2D eigenvalue weighted by Crippen LogP contribution is -2.22. The summed E-state index contributed by atoms with van der Waals surface area (Å²) in [4.78, 5) is 10.7. The lowest BCUT2D eigenvalue weighted by molar-refractivity contribution is -0.116. The first-order valence-corrected chi connectivity index (χ1v) is 4.83. The first kappa shape index (κ1) is 11.5. The summed E-state index contributed by atoms with van der Waals surface area (Å²) in [5.41, 5.74) is 0. The molecule has 0 aliphatic heterocycles. The number of carbonyl (C=O) groups is 1. The summed E-state index contributed by atoms with van der Waals surface area (Å²) in [6, 6.07) is 3.68. The van der Waals surface area contributed by atoms with Crippen LogP contribution in [0.5, 0.6) is 0 Å². The van der Waals surface area contributed by atoms with E-state index in [2.05, 4.69) is 11.9 Å². The Morgan fingerprint density at radius 1 is 1.67 bits per heavy atom. The molecule has 0 radical (unpaired) electrons. The summed E-state index contributed by atoms with van der Waals surface area (Å²) in [6.07, 6.45) is 3.65. The largest absolute Gasteiger partial charge is 0.467 e. The van der Waals surface area contributed by atoms with Gasteiger partial charge in [-0.25, -0.2) is 0 Å². The third kappa shape index (κ3) is 5.02. The molecule has 15 heavy (non-hydrogen) atoms. The van der Waals surface area contributed by atoms with Crippen molar-refractivity contribution in [1.82, 2.24) is 5.32 Å². The van der Waals surface area contributed by atoms with Gasteiger partial charge in [0.05, 0.1) is 6.26 Å². The monoisotopic (exact) mass is 209 g/mol. The zero-order valence-corrected chi connectivity index (χ0v) is 8.57. The van der Waals surface area contributed by atoms with E-state index in [0.717, 1.165) is 12.2 Å². The van der Waals surface area contributed by atoms with Crippen molar-refractivity contribution < 1.29 is 13.9 Å². The highest BCUT2D eigenvalue weighted by atomic mass is 16.5. The molecule has 0 aromatic carbocycles. The van der Waals surface area contributed by atoms with Crippen LogP contribution < -0.4 is 5.32 Å². The number of ether oxygens (including phenoxy) is 1. The van der Waals surface area contributed by atoms with Crippen LogP contribution in [-0.4, -0.2) is 19.1 Å². The molecule has 1 N–H and O–H groups in total. The fraction of sp³-hybridized carbons (Fsp3) is 0.364. The third-order valence-electron chi connectivity index (χ3n) is 1.77. The van der Waals surface area contributed by atoms with Gasteiger partial charge in [0.2, 0.25) is 5.91 Å². The number of rotatable bonds is 7. The Morgan fingerprint density at radius 3 is 3.20 bits per heavy atom. The molecule has 1 aromatic heterocycles. The first-order valence-electron chi connectivity index (χ1n) is 4.83. The minimum Gasteiger partial charge on any atom is -0.467 e. The second-order valence-electron chi connectivity index (χ2n) is 2.98. The first-order chi connectivity index (χ1) is 7.33. The molecule has 0 saturated heterocycles. The number of nitrogens with one attached hydrogen (secondary N) is 1. The van der Waals surface area contributed by atoms with E-state index in [4.69, 9.17) is 9.15 Å². The maximum Gasteiger partial charge on any atom is 0.243 e. The van der Waals surface area contributed by atoms with Crippen LogP contribution in [-0.2, 0) is 16.1 Å². The highest BCUT2D eigenvalue weighted by molar-refractivity contribution is 5.86. The number of hydrogen-bond acceptors (Lipinski definition) is 3. The van der Waals surface area contributed by atoms with Gasteiger partial charge >= 0.3 is 0 Å². The predicted molar refractivity (Wildman–Crippen MR) is 56.2 cm³/mol. The molecular formula is C11H15NO3. The van der Waals surface area contributed by atoms with Gasteiger partial charge in [-0.15, -0.1) is 0 Å². The molecule has 1 amide bonds.